The lowest BCUT2D eigenvalue weighted by atomic mass is 9.86. The van der Waals surface area contributed by atoms with Crippen molar-refractivity contribution in [3.05, 3.63) is 46.6 Å². The van der Waals surface area contributed by atoms with Crippen LogP contribution < -0.4 is 15.4 Å². The first-order valence-corrected chi connectivity index (χ1v) is 20.2. The molecule has 1 aromatic heterocycles. The summed E-state index contributed by atoms with van der Waals surface area (Å²) in [6.45, 7) is 8.97. The lowest BCUT2D eigenvalue weighted by Crippen LogP contribution is -2.49. The number of aryl methyl sites for hydroxylation is 1. The Bertz CT molecular complexity index is 1280. The third kappa shape index (κ3) is 16.5. The minimum atomic E-state index is -1.31. The van der Waals surface area contributed by atoms with E-state index < -0.39 is 28.7 Å². The van der Waals surface area contributed by atoms with E-state index in [9.17, 15) is 18.6 Å². The summed E-state index contributed by atoms with van der Waals surface area (Å²) < 4.78 is 18.9. The van der Waals surface area contributed by atoms with E-state index in [0.29, 0.717) is 42.6 Å². The zero-order chi connectivity index (χ0) is 36.7. The van der Waals surface area contributed by atoms with Crippen LogP contribution in [0.2, 0.25) is 5.02 Å². The quantitative estimate of drug-likeness (QED) is 0.219. The molecular weight excluding hydrogens is 680 g/mol. The van der Waals surface area contributed by atoms with Crippen LogP contribution in [0.1, 0.15) is 113 Å². The number of aliphatic hydroxyl groups is 1. The fourth-order valence-corrected chi connectivity index (χ4v) is 6.57. The highest BCUT2D eigenvalue weighted by Gasteiger charge is 2.34. The van der Waals surface area contributed by atoms with Crippen molar-refractivity contribution >= 4 is 40.2 Å². The predicted molar refractivity (Wildman–Crippen MR) is 198 cm³/mol. The van der Waals surface area contributed by atoms with Crippen molar-refractivity contribution in [3.8, 4) is 0 Å². The molecule has 2 unspecified atom stereocenters. The Hall–Kier alpha value is -2.71. The van der Waals surface area contributed by atoms with Gasteiger partial charge in [-0.2, -0.15) is 4.98 Å². The second-order valence-electron chi connectivity index (χ2n) is 12.6. The molecule has 0 spiro atoms. The molecule has 0 bridgehead atoms. The summed E-state index contributed by atoms with van der Waals surface area (Å²) >= 11 is 5.59. The molecule has 1 aliphatic carbocycles. The first-order valence-electron chi connectivity index (χ1n) is 18.3. The highest BCUT2D eigenvalue weighted by Crippen LogP contribution is 2.27. The lowest BCUT2D eigenvalue weighted by molar-refractivity contribution is -0.137. The number of likely N-dealkylation sites (tertiary alicyclic amines) is 1. The first kappa shape index (κ1) is 43.5. The third-order valence-corrected chi connectivity index (χ3v) is 9.87. The predicted octanol–water partition coefficient (Wildman–Crippen LogP) is 5.01. The number of carbonyl (C=O) groups excluding carboxylic acids is 3. The van der Waals surface area contributed by atoms with E-state index in [2.05, 4.69) is 32.4 Å². The molecule has 2 aromatic rings. The second kappa shape index (κ2) is 25.3. The van der Waals surface area contributed by atoms with Crippen molar-refractivity contribution in [3.63, 3.8) is 0 Å². The van der Waals surface area contributed by atoms with Gasteiger partial charge >= 0.3 is 0 Å². The van der Waals surface area contributed by atoms with E-state index in [1.807, 2.05) is 13.8 Å². The smallest absolute Gasteiger partial charge is 0.243 e. The Kier molecular flexibility index (Phi) is 22.0. The van der Waals surface area contributed by atoms with Gasteiger partial charge in [-0.25, -0.2) is 8.93 Å². The number of aromatic nitrogens is 2. The summed E-state index contributed by atoms with van der Waals surface area (Å²) in [4.78, 5) is 42.7. The van der Waals surface area contributed by atoms with E-state index in [4.69, 9.17) is 21.2 Å². The molecule has 0 radical (unpaired) electrons. The number of ketones is 1. The van der Waals surface area contributed by atoms with Crippen LogP contribution in [0.25, 0.3) is 0 Å². The van der Waals surface area contributed by atoms with Crippen LogP contribution in [0.4, 0.5) is 0 Å². The number of halogens is 1. The fourth-order valence-electron chi connectivity index (χ4n) is 6.12. The van der Waals surface area contributed by atoms with Crippen LogP contribution in [0, 0.1) is 11.8 Å². The van der Waals surface area contributed by atoms with Crippen molar-refractivity contribution in [2.24, 2.45) is 11.8 Å². The summed E-state index contributed by atoms with van der Waals surface area (Å²) in [6, 6.07) is 6.47. The highest BCUT2D eigenvalue weighted by molar-refractivity contribution is 7.82. The van der Waals surface area contributed by atoms with Gasteiger partial charge in [0.1, 0.15) is 6.04 Å². The summed E-state index contributed by atoms with van der Waals surface area (Å²) in [6.07, 6.45) is 14.8. The molecule has 14 heteroatoms. The van der Waals surface area contributed by atoms with Crippen molar-refractivity contribution < 1.29 is 28.2 Å². The third-order valence-electron chi connectivity index (χ3n) is 9.07. The largest absolute Gasteiger partial charge is 0.392 e. The number of aliphatic hydroxyl groups excluding tert-OH is 1. The zero-order valence-electron chi connectivity index (χ0n) is 30.4. The van der Waals surface area contributed by atoms with Crippen LogP contribution in [0.15, 0.2) is 28.8 Å². The van der Waals surface area contributed by atoms with Crippen LogP contribution >= 0.6 is 11.6 Å². The van der Waals surface area contributed by atoms with Crippen molar-refractivity contribution in [2.45, 2.75) is 110 Å². The monoisotopic (exact) mass is 738 g/mol. The Morgan fingerprint density at radius 1 is 1.00 bits per heavy atom. The Morgan fingerprint density at radius 3 is 2.28 bits per heavy atom. The van der Waals surface area contributed by atoms with Crippen molar-refractivity contribution in [2.75, 3.05) is 39.0 Å². The van der Waals surface area contributed by atoms with Gasteiger partial charge < -0.3 is 25.2 Å². The van der Waals surface area contributed by atoms with E-state index in [-0.39, 0.29) is 31.4 Å². The summed E-state index contributed by atoms with van der Waals surface area (Å²) in [5.74, 6) is 1.01. The maximum atomic E-state index is 12.5. The molecule has 3 aliphatic rings. The van der Waals surface area contributed by atoms with Gasteiger partial charge in [-0.15, -0.1) is 0 Å². The molecule has 2 atom stereocenters. The zero-order valence-corrected chi connectivity index (χ0v) is 32.0. The van der Waals surface area contributed by atoms with Gasteiger partial charge in [0.25, 0.3) is 0 Å². The minimum Gasteiger partial charge on any atom is -0.392 e. The molecule has 12 nitrogen and oxygen atoms in total. The lowest BCUT2D eigenvalue weighted by Gasteiger charge is -2.23. The Morgan fingerprint density at radius 2 is 1.68 bits per heavy atom. The fraction of sp³-hybridized carbons (Fsp3) is 0.694. The standard InChI is InChI=1S/C20H31N5O5S.C7H7ClO.C7H15N.C2H6/c1-31(29)22-13-18(27)25-11-5-8-15(25)20(28)21-12-16(26)19-23-17(30-24-19)10-9-14-6-3-2-4-7-14;8-7-3-1-6(5-9)2-4-7;1-2-7-3-5-8-6-4-7;1-2/h14-15,22H,2-13H2,1H3,(H,21,28);1-4,9H,5H2;7-8H,2-6H2,1H3;1-2H3. The van der Waals surface area contributed by atoms with Gasteiger partial charge in [0.05, 0.1) is 30.7 Å². The van der Waals surface area contributed by atoms with Crippen LogP contribution in [-0.4, -0.2) is 87.0 Å². The Balaban J connectivity index is 0.000000369. The number of nitrogens with one attached hydrogen (secondary N) is 3. The summed E-state index contributed by atoms with van der Waals surface area (Å²) in [5, 5.41) is 19.0. The molecule has 50 heavy (non-hydrogen) atoms. The molecule has 1 saturated carbocycles. The summed E-state index contributed by atoms with van der Waals surface area (Å²) in [5.41, 5.74) is 0.888. The SMILES string of the molecule is CC.CCC1CCNCC1.CS(=O)NCC(=O)N1CCCC1C(=O)NCC(=O)c1noc(CCC2CCCCC2)n1.OCc1ccc(Cl)cc1. The molecule has 4 N–H and O–H groups in total. The average molecular weight is 739 g/mol. The second-order valence-corrected chi connectivity index (χ2v) is 14.2. The number of nitrogens with zero attached hydrogens (tertiary/aromatic N) is 3. The number of benzene rings is 1. The molecule has 1 aromatic carbocycles. The number of piperidine rings is 1. The molecular formula is C36H59ClN6O6S. The van der Waals surface area contributed by atoms with Gasteiger partial charge in [-0.05, 0) is 74.7 Å². The number of hydrogen-bond acceptors (Lipinski definition) is 9. The number of rotatable bonds is 12. The summed E-state index contributed by atoms with van der Waals surface area (Å²) in [7, 11) is -1.31. The van der Waals surface area contributed by atoms with Gasteiger partial charge in [-0.3, -0.25) is 14.4 Å². The van der Waals surface area contributed by atoms with Gasteiger partial charge in [0.2, 0.25) is 29.3 Å². The Labute approximate surface area is 305 Å². The average Bonchev–Trinajstić information content (AvgIpc) is 3.85. The molecule has 2 aliphatic heterocycles. The maximum absolute atomic E-state index is 12.5. The number of hydrogen-bond donors (Lipinski definition) is 4. The van der Waals surface area contributed by atoms with Gasteiger partial charge in [0.15, 0.2) is 0 Å². The maximum Gasteiger partial charge on any atom is 0.243 e. The van der Waals surface area contributed by atoms with Crippen LogP contribution in [-0.2, 0) is 33.6 Å². The van der Waals surface area contributed by atoms with Gasteiger partial charge in [0, 0.05) is 24.2 Å². The number of carbonyl (C=O) groups is 3. The van der Waals surface area contributed by atoms with Crippen molar-refractivity contribution in [1.29, 1.82) is 0 Å². The van der Waals surface area contributed by atoms with Crippen molar-refractivity contribution in [1.82, 2.24) is 30.4 Å². The van der Waals surface area contributed by atoms with Crippen LogP contribution in [0.5, 0.6) is 0 Å². The van der Waals surface area contributed by atoms with E-state index in [1.165, 1.54) is 75.6 Å². The first-order chi connectivity index (χ1) is 24.2. The molecule has 2 saturated heterocycles. The molecule has 3 heterocycles. The van der Waals surface area contributed by atoms with E-state index in [0.717, 1.165) is 17.9 Å². The topological polar surface area (TPSA) is 167 Å². The minimum absolute atomic E-state index is 0.0343. The van der Waals surface area contributed by atoms with E-state index in [1.54, 1.807) is 24.3 Å². The van der Waals surface area contributed by atoms with Gasteiger partial charge in [-0.1, -0.05) is 88.2 Å². The normalized spacial score (nSPS) is 18.4. The number of amides is 2. The number of Topliss-reactive ketones (excluding diaryl/α,β-unsaturated/α-hetero) is 1. The molecule has 2 amide bonds. The molecule has 3 fully saturated rings. The highest BCUT2D eigenvalue weighted by atomic mass is 35.5. The molecule has 282 valence electrons. The van der Waals surface area contributed by atoms with E-state index >= 15 is 0 Å². The van der Waals surface area contributed by atoms with Crippen LogP contribution in [0.3, 0.4) is 0 Å². The molecule has 5 rings (SSSR count).